The van der Waals surface area contributed by atoms with Crippen LogP contribution in [0.2, 0.25) is 0 Å². The summed E-state index contributed by atoms with van der Waals surface area (Å²) in [6, 6.07) is 15.8. The van der Waals surface area contributed by atoms with Crippen molar-refractivity contribution in [3.8, 4) is 0 Å². The van der Waals surface area contributed by atoms with E-state index in [1.54, 1.807) is 42.5 Å². The third kappa shape index (κ3) is 4.86. The highest BCUT2D eigenvalue weighted by molar-refractivity contribution is 5.74. The van der Waals surface area contributed by atoms with Gasteiger partial charge < -0.3 is 0 Å². The third-order valence-electron chi connectivity index (χ3n) is 2.42. The number of carbonyl (C=O) groups is 1. The van der Waals surface area contributed by atoms with Crippen LogP contribution < -0.4 is 0 Å². The zero-order valence-corrected chi connectivity index (χ0v) is 11.1. The first-order chi connectivity index (χ1) is 9.69. The van der Waals surface area contributed by atoms with Crippen molar-refractivity contribution >= 4 is 18.0 Å². The summed E-state index contributed by atoms with van der Waals surface area (Å²) >= 11 is 0. The van der Waals surface area contributed by atoms with Gasteiger partial charge in [0.05, 0.1) is 10.5 Å². The Morgan fingerprint density at radius 3 is 2.10 bits per heavy atom. The number of allylic oxidation sites excluding steroid dienone is 1. The van der Waals surface area contributed by atoms with Gasteiger partial charge in [0, 0.05) is 11.6 Å². The summed E-state index contributed by atoms with van der Waals surface area (Å²) in [6.45, 7) is 1.83. The molecule has 0 aliphatic heterocycles. The van der Waals surface area contributed by atoms with E-state index in [1.165, 1.54) is 6.07 Å². The SMILES string of the molecule is CC=C[13c]1[13cH][13cH][13cH][13cH][13c]1[N+](=O)[O-].O=[13CH][13c]1c[13cH][13cH][13cH][13cH]1. The Hall–Kier alpha value is -2.75. The van der Waals surface area contributed by atoms with Gasteiger partial charge in [-0.05, 0) is 13.0 Å². The van der Waals surface area contributed by atoms with E-state index in [0.717, 1.165) is 11.8 Å². The van der Waals surface area contributed by atoms with E-state index in [0.29, 0.717) is 5.56 Å². The molecule has 0 fully saturated rings. The minimum absolute atomic E-state index is 0.149. The quantitative estimate of drug-likeness (QED) is 0.368. The van der Waals surface area contributed by atoms with Crippen LogP contribution in [0, 0.1) is 10.1 Å². The fourth-order valence-corrected chi connectivity index (χ4v) is 1.51. The lowest BCUT2D eigenvalue weighted by Crippen LogP contribution is -1.89. The molecule has 0 aromatic heterocycles. The van der Waals surface area contributed by atoms with Crippen LogP contribution in [0.3, 0.4) is 0 Å². The maximum absolute atomic E-state index is 10.5. The van der Waals surface area contributed by atoms with Crippen LogP contribution in [0.5, 0.6) is 0 Å². The Morgan fingerprint density at radius 2 is 1.60 bits per heavy atom. The van der Waals surface area contributed by atoms with Crippen LogP contribution in [0.4, 0.5) is 5.69 Å². The smallest absolute Gasteiger partial charge is 0.276 e. The van der Waals surface area contributed by atoms with Gasteiger partial charge >= 0.3 is 0 Å². The summed E-state index contributed by atoms with van der Waals surface area (Å²) in [4.78, 5) is 20.1. The second kappa shape index (κ2) is 8.37. The van der Waals surface area contributed by atoms with Crippen molar-refractivity contribution in [2.24, 2.45) is 0 Å². The number of carbonyl (C=O) groups excluding carboxylic acids is 1. The van der Waals surface area contributed by atoms with Crippen molar-refractivity contribution in [3.05, 3.63) is 81.9 Å². The Balaban J connectivity index is 0.000000217. The largest absolute Gasteiger partial charge is 0.298 e. The molecule has 0 aliphatic rings. The van der Waals surface area contributed by atoms with E-state index >= 15 is 0 Å². The summed E-state index contributed by atoms with van der Waals surface area (Å²) < 4.78 is 0. The summed E-state index contributed by atoms with van der Waals surface area (Å²) in [5, 5.41) is 10.5. The van der Waals surface area contributed by atoms with Crippen molar-refractivity contribution in [1.82, 2.24) is 0 Å². The van der Waals surface area contributed by atoms with E-state index < -0.39 is 0 Å². The first-order valence-corrected chi connectivity index (χ1v) is 6.05. The summed E-state index contributed by atoms with van der Waals surface area (Å²) in [5.41, 5.74) is 1.52. The molecule has 20 heavy (non-hydrogen) atoms. The predicted octanol–water partition coefficient (Wildman–Crippen LogP) is 4.13. The van der Waals surface area contributed by atoms with Gasteiger partial charge in [0.2, 0.25) is 0 Å². The molecule has 0 spiro atoms. The highest BCUT2D eigenvalue weighted by Gasteiger charge is 2.08. The molecule has 102 valence electrons. The first kappa shape index (κ1) is 15.3. The third-order valence-corrected chi connectivity index (χ3v) is 2.42. The van der Waals surface area contributed by atoms with Crippen LogP contribution in [0.25, 0.3) is 6.08 Å². The van der Waals surface area contributed by atoms with Crippen LogP contribution in [0.15, 0.2) is 60.7 Å². The molecule has 0 saturated heterocycles. The van der Waals surface area contributed by atoms with Crippen molar-refractivity contribution < 1.29 is 9.72 Å². The fourth-order valence-electron chi connectivity index (χ4n) is 1.51. The van der Waals surface area contributed by atoms with E-state index in [-0.39, 0.29) is 10.6 Å². The molecule has 0 aliphatic carbocycles. The van der Waals surface area contributed by atoms with Gasteiger partial charge in [-0.3, -0.25) is 14.9 Å². The number of benzene rings is 2. The molecule has 4 heteroatoms. The number of hydrogen-bond donors (Lipinski definition) is 0. The molecule has 0 amide bonds. The molecule has 0 N–H and O–H groups in total. The van der Waals surface area contributed by atoms with Gasteiger partial charge in [-0.1, -0.05) is 54.6 Å². The second-order valence-corrected chi connectivity index (χ2v) is 3.84. The fraction of sp³-hybridized carbons (Fsp3) is 0.0625. The normalized spacial score (nSPS) is 9.65. The van der Waals surface area contributed by atoms with Gasteiger partial charge in [0.25, 0.3) is 5.69 Å². The maximum atomic E-state index is 10.5. The molecular formula is C16H15NO3. The Bertz CT molecular complexity index is 592. The van der Waals surface area contributed by atoms with Crippen molar-refractivity contribution in [1.29, 1.82) is 0 Å². The van der Waals surface area contributed by atoms with E-state index in [2.05, 4.69) is 0 Å². The summed E-state index contributed by atoms with van der Waals surface area (Å²) in [6.07, 6.45) is 4.33. The maximum Gasteiger partial charge on any atom is 0.276 e. The highest BCUT2D eigenvalue weighted by atomic mass is 16.6. The average Bonchev–Trinajstić information content (AvgIpc) is 2.49. The van der Waals surface area contributed by atoms with Crippen molar-refractivity contribution in [3.63, 3.8) is 0 Å². The number of nitro benzene ring substituents is 1. The molecule has 0 heterocycles. The topological polar surface area (TPSA) is 60.2 Å². The number of aldehydes is 1. The zero-order valence-electron chi connectivity index (χ0n) is 11.1. The van der Waals surface area contributed by atoms with Crippen LogP contribution in [-0.2, 0) is 0 Å². The Kier molecular flexibility index (Phi) is 6.41. The van der Waals surface area contributed by atoms with E-state index in [1.807, 2.05) is 25.1 Å². The van der Waals surface area contributed by atoms with E-state index in [4.69, 9.17) is 0 Å². The lowest BCUT2D eigenvalue weighted by molar-refractivity contribution is -0.385. The van der Waals surface area contributed by atoms with Crippen molar-refractivity contribution in [2.45, 2.75) is 6.92 Å². The zero-order chi connectivity index (χ0) is 14.8. The van der Waals surface area contributed by atoms with Crippen LogP contribution >= 0.6 is 0 Å². The standard InChI is InChI=1S/C9H9NO2.C7H6O/c1-2-5-8-6-3-4-7-9(8)10(11)12;8-6-7-4-2-1-3-5-7/h2-7H,1H3;1-6H/i3+1,4+1,6+1,7+1,8+1,9+1;1+1,2+1,3+1,4+1,6+1,7+1. The minimum Gasteiger partial charge on any atom is -0.298 e. The van der Waals surface area contributed by atoms with Crippen LogP contribution in [0.1, 0.15) is 22.8 Å². The lowest BCUT2D eigenvalue weighted by Gasteiger charge is -1.94. The molecule has 0 radical (unpaired) electrons. The molecule has 0 unspecified atom stereocenters. The molecule has 0 atom stereocenters. The lowest BCUT2D eigenvalue weighted by atomic mass is 10.6. The number of hydrogen-bond acceptors (Lipinski definition) is 3. The van der Waals surface area contributed by atoms with Gasteiger partial charge in [-0.25, -0.2) is 0 Å². The molecule has 4 nitrogen and oxygen atoms in total. The molecule has 0 bridgehead atoms. The monoisotopic (exact) mass is 281 g/mol. The summed E-state index contributed by atoms with van der Waals surface area (Å²) in [5.74, 6) is 0. The number of nitro groups is 1. The van der Waals surface area contributed by atoms with Gasteiger partial charge in [-0.2, -0.15) is 0 Å². The molecule has 2 aromatic carbocycles. The molecule has 0 saturated carbocycles. The van der Waals surface area contributed by atoms with E-state index in [9.17, 15) is 14.9 Å². The first-order valence-electron chi connectivity index (χ1n) is 6.05. The number of nitrogens with zero attached hydrogens (tertiary/aromatic N) is 1. The molecule has 2 rings (SSSR count). The minimum atomic E-state index is -0.380. The van der Waals surface area contributed by atoms with Gasteiger partial charge in [0.15, 0.2) is 0 Å². The number of para-hydroxylation sites is 1. The second-order valence-electron chi connectivity index (χ2n) is 3.84. The van der Waals surface area contributed by atoms with Gasteiger partial charge in [0.1, 0.15) is 6.29 Å². The highest BCUT2D eigenvalue weighted by Crippen LogP contribution is 2.18. The van der Waals surface area contributed by atoms with Crippen molar-refractivity contribution in [2.75, 3.05) is 0 Å². The molecule has 2 aromatic rings. The van der Waals surface area contributed by atoms with Crippen LogP contribution in [-0.4, -0.2) is 11.2 Å². The Labute approximate surface area is 117 Å². The number of rotatable bonds is 3. The predicted molar refractivity (Wildman–Crippen MR) is 79.6 cm³/mol. The average molecular weight is 281 g/mol. The Morgan fingerprint density at radius 1 is 1.00 bits per heavy atom. The molecular weight excluding hydrogens is 266 g/mol. The van der Waals surface area contributed by atoms with Gasteiger partial charge in [-0.15, -0.1) is 0 Å². The summed E-state index contributed by atoms with van der Waals surface area (Å²) in [7, 11) is 0.